The number of nitrogens with one attached hydrogen (secondary N) is 1. The molecule has 0 bridgehead atoms. The van der Waals surface area contributed by atoms with Gasteiger partial charge in [-0.05, 0) is 31.7 Å². The van der Waals surface area contributed by atoms with Crippen molar-refractivity contribution in [1.82, 2.24) is 30.0 Å². The lowest BCUT2D eigenvalue weighted by Gasteiger charge is -2.20. The largest absolute Gasteiger partial charge is 0.391 e. The molecule has 1 aliphatic rings. The Balaban J connectivity index is 1.69. The minimum Gasteiger partial charge on any atom is -0.363 e. The van der Waals surface area contributed by atoms with Crippen molar-refractivity contribution in [2.45, 2.75) is 45.1 Å². The van der Waals surface area contributed by atoms with Gasteiger partial charge in [-0.25, -0.2) is 9.97 Å². The second-order valence-corrected chi connectivity index (χ2v) is 8.59. The molecule has 0 spiro atoms. The topological polar surface area (TPSA) is 92.1 Å². The van der Waals surface area contributed by atoms with Crippen LogP contribution in [0.5, 0.6) is 0 Å². The van der Waals surface area contributed by atoms with Gasteiger partial charge in [-0.1, -0.05) is 13.0 Å². The number of anilines is 2. The summed E-state index contributed by atoms with van der Waals surface area (Å²) in [6.45, 7) is 2.48. The van der Waals surface area contributed by atoms with Crippen LogP contribution in [0.25, 0.3) is 11.5 Å². The Kier molecular flexibility index (Phi) is 6.75. The number of hydrogen-bond acceptors (Lipinski definition) is 7. The molecule has 4 rings (SSSR count). The van der Waals surface area contributed by atoms with E-state index in [0.717, 1.165) is 11.3 Å². The molecule has 0 radical (unpaired) electrons. The van der Waals surface area contributed by atoms with Crippen LogP contribution < -0.4 is 15.1 Å². The van der Waals surface area contributed by atoms with E-state index in [-0.39, 0.29) is 18.2 Å². The van der Waals surface area contributed by atoms with Gasteiger partial charge in [0, 0.05) is 32.2 Å². The van der Waals surface area contributed by atoms with Crippen LogP contribution in [0.2, 0.25) is 0 Å². The van der Waals surface area contributed by atoms with Crippen molar-refractivity contribution < 1.29 is 18.0 Å². The molecule has 1 atom stereocenters. The maximum absolute atomic E-state index is 13.4. The average molecular weight is 489 g/mol. The highest BCUT2D eigenvalue weighted by Gasteiger charge is 2.34. The molecule has 0 saturated heterocycles. The first-order valence-corrected chi connectivity index (χ1v) is 11.2. The fourth-order valence-electron chi connectivity index (χ4n) is 4.18. The minimum absolute atomic E-state index is 0.211. The lowest BCUT2D eigenvalue weighted by molar-refractivity contribution is -0.143. The second-order valence-electron chi connectivity index (χ2n) is 8.59. The Labute approximate surface area is 201 Å². The molecule has 0 saturated carbocycles. The highest BCUT2D eigenvalue weighted by atomic mass is 19.4. The first kappa shape index (κ1) is 24.6. The van der Waals surface area contributed by atoms with Crippen molar-refractivity contribution in [2.75, 3.05) is 30.9 Å². The van der Waals surface area contributed by atoms with E-state index < -0.39 is 18.6 Å². The quantitative estimate of drug-likeness (QED) is 0.518. The van der Waals surface area contributed by atoms with Crippen LogP contribution in [0, 0.1) is 0 Å². The summed E-state index contributed by atoms with van der Waals surface area (Å²) in [5.74, 6) is 1.07. The van der Waals surface area contributed by atoms with Gasteiger partial charge in [-0.3, -0.25) is 9.69 Å². The molecular formula is C23H27F3N8O. The van der Waals surface area contributed by atoms with Gasteiger partial charge >= 0.3 is 6.18 Å². The maximum Gasteiger partial charge on any atom is 0.391 e. The highest BCUT2D eigenvalue weighted by molar-refractivity contribution is 6.10. The molecule has 0 aliphatic carbocycles. The number of amides is 1. The van der Waals surface area contributed by atoms with Crippen LogP contribution in [0.3, 0.4) is 0 Å². The molecule has 1 amide bonds. The summed E-state index contributed by atoms with van der Waals surface area (Å²) in [6.07, 6.45) is -3.78. The number of carbonyl (C=O) groups excluding carboxylic acids is 1. The number of halogens is 3. The number of alkyl halides is 3. The fourth-order valence-corrected chi connectivity index (χ4v) is 4.18. The third-order valence-electron chi connectivity index (χ3n) is 5.94. The van der Waals surface area contributed by atoms with Gasteiger partial charge in [0.2, 0.25) is 0 Å². The van der Waals surface area contributed by atoms with Crippen LogP contribution in [-0.2, 0) is 13.1 Å². The highest BCUT2D eigenvalue weighted by Crippen LogP contribution is 2.34. The monoisotopic (exact) mass is 488 g/mol. The molecule has 3 aromatic rings. The van der Waals surface area contributed by atoms with Crippen LogP contribution in [0.1, 0.15) is 47.4 Å². The maximum atomic E-state index is 13.4. The van der Waals surface area contributed by atoms with E-state index in [1.54, 1.807) is 36.1 Å². The molecular weight excluding hydrogens is 461 g/mol. The lowest BCUT2D eigenvalue weighted by atomic mass is 10.1. The fraction of sp³-hybridized carbons (Fsp3) is 0.435. The van der Waals surface area contributed by atoms with Gasteiger partial charge in [-0.2, -0.15) is 13.2 Å². The van der Waals surface area contributed by atoms with Gasteiger partial charge in [0.1, 0.15) is 23.7 Å². The van der Waals surface area contributed by atoms with Gasteiger partial charge in [0.05, 0.1) is 24.2 Å². The lowest BCUT2D eigenvalue weighted by Crippen LogP contribution is -2.24. The van der Waals surface area contributed by atoms with Crippen molar-refractivity contribution in [2.24, 2.45) is 0 Å². The number of hydrogen-bond donors (Lipinski definition) is 1. The van der Waals surface area contributed by atoms with Crippen molar-refractivity contribution >= 4 is 17.5 Å². The summed E-state index contributed by atoms with van der Waals surface area (Å²) in [4.78, 5) is 26.0. The number of aromatic nitrogens is 5. The van der Waals surface area contributed by atoms with Crippen molar-refractivity contribution in [3.05, 3.63) is 47.4 Å². The van der Waals surface area contributed by atoms with E-state index in [0.29, 0.717) is 36.0 Å². The number of rotatable bonds is 8. The van der Waals surface area contributed by atoms with E-state index in [1.165, 1.54) is 10.9 Å². The number of nitrogens with zero attached hydrogens (tertiary/aromatic N) is 7. The molecule has 4 heterocycles. The van der Waals surface area contributed by atoms with E-state index in [4.69, 9.17) is 0 Å². The van der Waals surface area contributed by atoms with E-state index >= 15 is 0 Å². The van der Waals surface area contributed by atoms with E-state index in [2.05, 4.69) is 25.5 Å². The predicted octanol–water partition coefficient (Wildman–Crippen LogP) is 3.58. The Morgan fingerprint density at radius 3 is 2.66 bits per heavy atom. The Bertz CT molecular complexity index is 1220. The average Bonchev–Trinajstić information content (AvgIpc) is 3.42. The summed E-state index contributed by atoms with van der Waals surface area (Å²) >= 11 is 0. The van der Waals surface area contributed by atoms with E-state index in [9.17, 15) is 18.0 Å². The Morgan fingerprint density at radius 1 is 1.23 bits per heavy atom. The van der Waals surface area contributed by atoms with Crippen LogP contribution in [-0.4, -0.2) is 58.0 Å². The SMILES string of the molecule is CC[C@H](CC(F)(F)F)n1cnnc1-c1cccc(N2Cc3c(cc(N(C)C)nc3CNC)C2=O)n1. The molecule has 0 fully saturated rings. The molecule has 9 nitrogen and oxygen atoms in total. The van der Waals surface area contributed by atoms with Crippen LogP contribution >= 0.6 is 0 Å². The third kappa shape index (κ3) is 4.97. The zero-order valence-corrected chi connectivity index (χ0v) is 20.0. The molecule has 0 aromatic carbocycles. The predicted molar refractivity (Wildman–Crippen MR) is 125 cm³/mol. The Morgan fingerprint density at radius 2 is 2.00 bits per heavy atom. The van der Waals surface area contributed by atoms with E-state index in [1.807, 2.05) is 26.0 Å². The molecule has 12 heteroatoms. The Hall–Kier alpha value is -3.54. The molecule has 0 unspecified atom stereocenters. The standard InChI is InChI=1S/C23H27F3N8O/c1-5-14(10-23(24,25)26)34-13-28-31-21(34)17-7-6-8-19(29-17)33-12-16-15(22(33)35)9-20(32(3)4)30-18(16)11-27-2/h6-9,13-14,27H,5,10-12H2,1-4H3/t14-/m1/s1. The van der Waals surface area contributed by atoms with Gasteiger partial charge < -0.3 is 14.8 Å². The van der Waals surface area contributed by atoms with Crippen molar-refractivity contribution in [1.29, 1.82) is 0 Å². The first-order valence-electron chi connectivity index (χ1n) is 11.2. The zero-order chi connectivity index (χ0) is 25.3. The second kappa shape index (κ2) is 9.61. The normalized spacial score (nSPS) is 14.4. The summed E-state index contributed by atoms with van der Waals surface area (Å²) < 4.78 is 40.7. The third-order valence-corrected chi connectivity index (χ3v) is 5.94. The number of fused-ring (bicyclic) bond motifs is 1. The minimum atomic E-state index is -4.32. The van der Waals surface area contributed by atoms with Gasteiger partial charge in [0.15, 0.2) is 5.82 Å². The number of pyridine rings is 2. The summed E-state index contributed by atoms with van der Waals surface area (Å²) in [6, 6.07) is 5.95. The summed E-state index contributed by atoms with van der Waals surface area (Å²) in [5.41, 5.74) is 2.49. The van der Waals surface area contributed by atoms with Crippen LogP contribution in [0.15, 0.2) is 30.6 Å². The zero-order valence-electron chi connectivity index (χ0n) is 20.0. The first-order chi connectivity index (χ1) is 16.6. The number of carbonyl (C=O) groups is 1. The molecule has 35 heavy (non-hydrogen) atoms. The van der Waals surface area contributed by atoms with Crippen molar-refractivity contribution in [3.63, 3.8) is 0 Å². The van der Waals surface area contributed by atoms with Gasteiger partial charge in [0.25, 0.3) is 5.91 Å². The van der Waals surface area contributed by atoms with Crippen molar-refractivity contribution in [3.8, 4) is 11.5 Å². The summed E-state index contributed by atoms with van der Waals surface area (Å²) in [7, 11) is 5.53. The molecule has 3 aromatic heterocycles. The van der Waals surface area contributed by atoms with Crippen LogP contribution in [0.4, 0.5) is 24.8 Å². The molecule has 186 valence electrons. The smallest absolute Gasteiger partial charge is 0.363 e. The summed E-state index contributed by atoms with van der Waals surface area (Å²) in [5, 5.41) is 11.0. The molecule has 1 aliphatic heterocycles. The molecule has 1 N–H and O–H groups in total. The van der Waals surface area contributed by atoms with Gasteiger partial charge in [-0.15, -0.1) is 10.2 Å².